The Kier molecular flexibility index (Phi) is 4.61. The topological polar surface area (TPSA) is 69.6 Å². The van der Waals surface area contributed by atoms with Crippen LogP contribution in [0.2, 0.25) is 0 Å². The Bertz CT molecular complexity index is 306. The maximum absolute atomic E-state index is 11.7. The number of nitrogens with one attached hydrogen (secondary N) is 1. The summed E-state index contributed by atoms with van der Waals surface area (Å²) in [6.45, 7) is 4.26. The molecule has 1 atom stereocenters. The van der Waals surface area contributed by atoms with Gasteiger partial charge in [0.25, 0.3) is 0 Å². The molecule has 0 aromatic carbocycles. The van der Waals surface area contributed by atoms with Crippen molar-refractivity contribution in [2.75, 3.05) is 13.1 Å². The molecule has 1 fully saturated rings. The molecule has 2 N–H and O–H groups in total. The molecule has 6 heteroatoms. The lowest BCUT2D eigenvalue weighted by Gasteiger charge is -2.23. The van der Waals surface area contributed by atoms with Crippen LogP contribution in [0, 0.1) is 0 Å². The fourth-order valence-electron chi connectivity index (χ4n) is 1.79. The summed E-state index contributed by atoms with van der Waals surface area (Å²) in [4.78, 5) is 23.8. The summed E-state index contributed by atoms with van der Waals surface area (Å²) in [5, 5.41) is 11.6. The van der Waals surface area contributed by atoms with Crippen LogP contribution in [0.4, 0.5) is 4.79 Å². The number of rotatable bonds is 4. The van der Waals surface area contributed by atoms with E-state index in [1.807, 2.05) is 0 Å². The summed E-state index contributed by atoms with van der Waals surface area (Å²) < 4.78 is 0. The SMILES string of the molecule is C=C(Cl)CNC(=O)N1CCCC1CC(=O)O. The highest BCUT2D eigenvalue weighted by Gasteiger charge is 2.30. The third kappa shape index (κ3) is 3.73. The monoisotopic (exact) mass is 246 g/mol. The van der Waals surface area contributed by atoms with Crippen LogP contribution >= 0.6 is 11.6 Å². The van der Waals surface area contributed by atoms with Gasteiger partial charge < -0.3 is 15.3 Å². The molecule has 0 bridgehead atoms. The second kappa shape index (κ2) is 5.75. The third-order valence-corrected chi connectivity index (χ3v) is 2.61. The van der Waals surface area contributed by atoms with Crippen molar-refractivity contribution in [2.45, 2.75) is 25.3 Å². The minimum atomic E-state index is -0.883. The van der Waals surface area contributed by atoms with Crippen LogP contribution in [0.3, 0.4) is 0 Å². The second-order valence-corrected chi connectivity index (χ2v) is 4.30. The first kappa shape index (κ1) is 12.8. The molecule has 0 aromatic rings. The van der Waals surface area contributed by atoms with E-state index in [4.69, 9.17) is 16.7 Å². The van der Waals surface area contributed by atoms with E-state index < -0.39 is 5.97 Å². The maximum Gasteiger partial charge on any atom is 0.317 e. The van der Waals surface area contributed by atoms with Crippen LogP contribution in [-0.4, -0.2) is 41.1 Å². The predicted molar refractivity (Wildman–Crippen MR) is 60.4 cm³/mol. The summed E-state index contributed by atoms with van der Waals surface area (Å²) in [5.74, 6) is -0.883. The molecule has 0 aliphatic carbocycles. The number of carbonyl (C=O) groups excluding carboxylic acids is 1. The van der Waals surface area contributed by atoms with Crippen LogP contribution in [0.5, 0.6) is 0 Å². The van der Waals surface area contributed by atoms with Crippen molar-refractivity contribution in [1.29, 1.82) is 0 Å². The standard InChI is InChI=1S/C10H15ClN2O3/c1-7(11)6-12-10(16)13-4-2-3-8(13)5-9(14)15/h8H,1-6H2,(H,12,16)(H,14,15). The van der Waals surface area contributed by atoms with Crippen molar-refractivity contribution >= 4 is 23.6 Å². The lowest BCUT2D eigenvalue weighted by molar-refractivity contribution is -0.137. The average Bonchev–Trinajstić information content (AvgIpc) is 2.61. The van der Waals surface area contributed by atoms with Gasteiger partial charge in [-0.05, 0) is 12.8 Å². The van der Waals surface area contributed by atoms with E-state index in [0.717, 1.165) is 12.8 Å². The number of carbonyl (C=O) groups is 2. The molecule has 1 aliphatic heterocycles. The van der Waals surface area contributed by atoms with Crippen molar-refractivity contribution in [3.05, 3.63) is 11.6 Å². The summed E-state index contributed by atoms with van der Waals surface area (Å²) in [6, 6.07) is -0.480. The number of halogens is 1. The second-order valence-electron chi connectivity index (χ2n) is 3.76. The van der Waals surface area contributed by atoms with E-state index >= 15 is 0 Å². The highest BCUT2D eigenvalue weighted by molar-refractivity contribution is 6.29. The zero-order chi connectivity index (χ0) is 12.1. The third-order valence-electron chi connectivity index (χ3n) is 2.48. The van der Waals surface area contributed by atoms with E-state index in [0.29, 0.717) is 11.6 Å². The van der Waals surface area contributed by atoms with Crippen LogP contribution in [-0.2, 0) is 4.79 Å². The summed E-state index contributed by atoms with van der Waals surface area (Å²) >= 11 is 5.53. The first-order valence-corrected chi connectivity index (χ1v) is 5.48. The van der Waals surface area contributed by atoms with Gasteiger partial charge in [-0.2, -0.15) is 0 Å². The normalized spacial score (nSPS) is 19.6. The predicted octanol–water partition coefficient (Wildman–Crippen LogP) is 1.39. The fourth-order valence-corrected chi connectivity index (χ4v) is 1.86. The van der Waals surface area contributed by atoms with Crippen LogP contribution in [0.1, 0.15) is 19.3 Å². The van der Waals surface area contributed by atoms with E-state index in [-0.39, 0.29) is 25.0 Å². The Morgan fingerprint density at radius 1 is 1.56 bits per heavy atom. The fraction of sp³-hybridized carbons (Fsp3) is 0.600. The lowest BCUT2D eigenvalue weighted by atomic mass is 10.1. The molecule has 0 saturated carbocycles. The van der Waals surface area contributed by atoms with Gasteiger partial charge in [0.05, 0.1) is 13.0 Å². The Morgan fingerprint density at radius 3 is 2.81 bits per heavy atom. The maximum atomic E-state index is 11.7. The quantitative estimate of drug-likeness (QED) is 0.788. The molecule has 1 unspecified atom stereocenters. The Hall–Kier alpha value is -1.23. The van der Waals surface area contributed by atoms with Crippen LogP contribution < -0.4 is 5.32 Å². The van der Waals surface area contributed by atoms with E-state index in [1.54, 1.807) is 4.90 Å². The molecular weight excluding hydrogens is 232 g/mol. The number of aliphatic carboxylic acids is 1. The number of hydrogen-bond donors (Lipinski definition) is 2. The molecular formula is C10H15ClN2O3. The number of carboxylic acids is 1. The van der Waals surface area contributed by atoms with Crippen molar-refractivity contribution in [3.63, 3.8) is 0 Å². The van der Waals surface area contributed by atoms with Crippen LogP contribution in [0.15, 0.2) is 11.6 Å². The van der Waals surface area contributed by atoms with Gasteiger partial charge in [0.1, 0.15) is 0 Å². The van der Waals surface area contributed by atoms with Gasteiger partial charge >= 0.3 is 12.0 Å². The highest BCUT2D eigenvalue weighted by atomic mass is 35.5. The molecule has 1 heterocycles. The van der Waals surface area contributed by atoms with Crippen LogP contribution in [0.25, 0.3) is 0 Å². The molecule has 0 radical (unpaired) electrons. The molecule has 2 amide bonds. The molecule has 0 spiro atoms. The Morgan fingerprint density at radius 2 is 2.25 bits per heavy atom. The molecule has 5 nitrogen and oxygen atoms in total. The van der Waals surface area contributed by atoms with Gasteiger partial charge in [0, 0.05) is 17.6 Å². The van der Waals surface area contributed by atoms with Crippen molar-refractivity contribution < 1.29 is 14.7 Å². The smallest absolute Gasteiger partial charge is 0.317 e. The van der Waals surface area contributed by atoms with Gasteiger partial charge in [-0.1, -0.05) is 18.2 Å². The molecule has 1 saturated heterocycles. The van der Waals surface area contributed by atoms with Crippen molar-refractivity contribution in [1.82, 2.24) is 10.2 Å². The number of urea groups is 1. The highest BCUT2D eigenvalue weighted by Crippen LogP contribution is 2.20. The Labute approximate surface area is 99.1 Å². The first-order valence-electron chi connectivity index (χ1n) is 5.10. The van der Waals surface area contributed by atoms with Crippen molar-refractivity contribution in [3.8, 4) is 0 Å². The zero-order valence-corrected chi connectivity index (χ0v) is 9.66. The minimum absolute atomic E-state index is 0.00472. The molecule has 1 aliphatic rings. The summed E-state index contributed by atoms with van der Waals surface area (Å²) in [7, 11) is 0. The van der Waals surface area contributed by atoms with Gasteiger partial charge in [-0.15, -0.1) is 0 Å². The lowest BCUT2D eigenvalue weighted by Crippen LogP contribution is -2.43. The van der Waals surface area contributed by atoms with E-state index in [2.05, 4.69) is 11.9 Å². The largest absolute Gasteiger partial charge is 0.481 e. The number of amides is 2. The first-order chi connectivity index (χ1) is 7.50. The van der Waals surface area contributed by atoms with Gasteiger partial charge in [0.15, 0.2) is 0 Å². The molecule has 1 rings (SSSR count). The summed E-state index contributed by atoms with van der Waals surface area (Å²) in [5.41, 5.74) is 0. The zero-order valence-electron chi connectivity index (χ0n) is 8.91. The number of nitrogens with zero attached hydrogens (tertiary/aromatic N) is 1. The molecule has 16 heavy (non-hydrogen) atoms. The van der Waals surface area contributed by atoms with E-state index in [9.17, 15) is 9.59 Å². The van der Waals surface area contributed by atoms with Gasteiger partial charge in [0.2, 0.25) is 0 Å². The number of likely N-dealkylation sites (tertiary alicyclic amines) is 1. The van der Waals surface area contributed by atoms with Gasteiger partial charge in [-0.25, -0.2) is 4.79 Å². The number of carboxylic acid groups (broad SMARTS) is 1. The number of hydrogen-bond acceptors (Lipinski definition) is 2. The average molecular weight is 247 g/mol. The summed E-state index contributed by atoms with van der Waals surface area (Å²) in [6.07, 6.45) is 1.57. The van der Waals surface area contributed by atoms with Gasteiger partial charge in [-0.3, -0.25) is 4.79 Å². The minimum Gasteiger partial charge on any atom is -0.481 e. The molecule has 90 valence electrons. The van der Waals surface area contributed by atoms with E-state index in [1.165, 1.54) is 0 Å². The molecule has 0 aromatic heterocycles. The van der Waals surface area contributed by atoms with Crippen molar-refractivity contribution in [2.24, 2.45) is 0 Å². The Balaban J connectivity index is 2.47.